The zero-order valence-corrected chi connectivity index (χ0v) is 19.5. The topological polar surface area (TPSA) is 78.5 Å². The molecule has 0 saturated carbocycles. The second-order valence-corrected chi connectivity index (χ2v) is 8.61. The van der Waals surface area contributed by atoms with Crippen LogP contribution in [0.25, 0.3) is 11.3 Å². The molecule has 6 nitrogen and oxygen atoms in total. The minimum Gasteiger partial charge on any atom is -0.507 e. The highest BCUT2D eigenvalue weighted by molar-refractivity contribution is 6.00. The lowest BCUT2D eigenvalue weighted by atomic mass is 9.93. The summed E-state index contributed by atoms with van der Waals surface area (Å²) in [5.41, 5.74) is 5.49. The summed E-state index contributed by atoms with van der Waals surface area (Å²) in [7, 11) is 0. The van der Waals surface area contributed by atoms with Gasteiger partial charge in [0, 0.05) is 17.7 Å². The molecule has 1 aliphatic rings. The van der Waals surface area contributed by atoms with Crippen LogP contribution in [0.1, 0.15) is 65.0 Å². The van der Waals surface area contributed by atoms with Crippen LogP contribution in [0.15, 0.2) is 49.1 Å². The average molecular weight is 446 g/mol. The molecule has 0 bridgehead atoms. The van der Waals surface area contributed by atoms with E-state index >= 15 is 0 Å². The number of nitrogens with one attached hydrogen (secondary N) is 1. The van der Waals surface area contributed by atoms with Gasteiger partial charge in [0.05, 0.1) is 6.04 Å². The number of amides is 1. The molecule has 0 aliphatic carbocycles. The average Bonchev–Trinajstić information content (AvgIpc) is 3.32. The molecule has 1 amide bonds. The van der Waals surface area contributed by atoms with Crippen molar-refractivity contribution in [2.75, 3.05) is 13.2 Å². The van der Waals surface area contributed by atoms with Crippen molar-refractivity contribution in [3.8, 4) is 22.8 Å². The number of nitrogens with zero attached hydrogens (tertiary/aromatic N) is 2. The van der Waals surface area contributed by atoms with Crippen molar-refractivity contribution in [2.45, 2.75) is 46.1 Å². The molecule has 2 aromatic carbocycles. The molecule has 33 heavy (non-hydrogen) atoms. The number of aryl methyl sites for hydroxylation is 2. The van der Waals surface area contributed by atoms with Crippen molar-refractivity contribution in [2.24, 2.45) is 0 Å². The lowest BCUT2D eigenvalue weighted by molar-refractivity contribution is 0.0740. The molecular weight excluding hydrogens is 414 g/mol. The van der Waals surface area contributed by atoms with Crippen LogP contribution in [-0.4, -0.2) is 39.3 Å². The van der Waals surface area contributed by atoms with Gasteiger partial charge < -0.3 is 14.7 Å². The molecule has 0 saturated heterocycles. The highest BCUT2D eigenvalue weighted by Crippen LogP contribution is 2.45. The van der Waals surface area contributed by atoms with E-state index < -0.39 is 0 Å². The second-order valence-electron chi connectivity index (χ2n) is 8.61. The van der Waals surface area contributed by atoms with Crippen LogP contribution in [0.3, 0.4) is 0 Å². The summed E-state index contributed by atoms with van der Waals surface area (Å²) >= 11 is 0. The van der Waals surface area contributed by atoms with E-state index in [0.29, 0.717) is 30.1 Å². The molecule has 3 aromatic rings. The van der Waals surface area contributed by atoms with Crippen LogP contribution < -0.4 is 4.74 Å². The first-order valence-electron chi connectivity index (χ1n) is 11.5. The van der Waals surface area contributed by atoms with E-state index in [2.05, 4.69) is 23.7 Å². The Bertz CT molecular complexity index is 1140. The summed E-state index contributed by atoms with van der Waals surface area (Å²) in [6.07, 6.45) is 4.78. The highest BCUT2D eigenvalue weighted by Gasteiger charge is 2.42. The van der Waals surface area contributed by atoms with E-state index in [1.807, 2.05) is 49.1 Å². The SMILES string of the molecule is C=CCOc1ccc(C2c3c(-c4c(C)cc(C)cc4O)n[nH]c3C(=O)N2CCCCC)cc1. The Labute approximate surface area is 194 Å². The van der Waals surface area contributed by atoms with Gasteiger partial charge in [0.25, 0.3) is 5.91 Å². The Morgan fingerprint density at radius 2 is 1.97 bits per heavy atom. The largest absolute Gasteiger partial charge is 0.507 e. The van der Waals surface area contributed by atoms with Crippen LogP contribution >= 0.6 is 0 Å². The zero-order chi connectivity index (χ0) is 23.5. The Hall–Kier alpha value is -3.54. The van der Waals surface area contributed by atoms with Gasteiger partial charge in [-0.05, 0) is 55.2 Å². The van der Waals surface area contributed by atoms with E-state index in [9.17, 15) is 9.90 Å². The third-order valence-electron chi connectivity index (χ3n) is 6.13. The number of aromatic nitrogens is 2. The molecule has 1 aliphatic heterocycles. The zero-order valence-electron chi connectivity index (χ0n) is 19.5. The predicted molar refractivity (Wildman–Crippen MR) is 130 cm³/mol. The van der Waals surface area contributed by atoms with Crippen LogP contribution in [0, 0.1) is 13.8 Å². The van der Waals surface area contributed by atoms with Crippen molar-refractivity contribution in [3.63, 3.8) is 0 Å². The number of rotatable bonds is 9. The number of aromatic amines is 1. The van der Waals surface area contributed by atoms with Gasteiger partial charge in [-0.1, -0.05) is 50.6 Å². The van der Waals surface area contributed by atoms with Crippen LogP contribution in [0.2, 0.25) is 0 Å². The summed E-state index contributed by atoms with van der Waals surface area (Å²) in [5.74, 6) is 0.867. The molecule has 0 radical (unpaired) electrons. The molecule has 4 rings (SSSR count). The molecule has 6 heteroatoms. The molecular formula is C27H31N3O3. The Balaban J connectivity index is 1.81. The Morgan fingerprint density at radius 1 is 1.21 bits per heavy atom. The van der Waals surface area contributed by atoms with Gasteiger partial charge in [0.15, 0.2) is 0 Å². The predicted octanol–water partition coefficient (Wildman–Crippen LogP) is 5.70. The van der Waals surface area contributed by atoms with E-state index in [1.165, 1.54) is 0 Å². The quantitative estimate of drug-likeness (QED) is 0.327. The summed E-state index contributed by atoms with van der Waals surface area (Å²) in [6, 6.07) is 11.3. The van der Waals surface area contributed by atoms with Crippen molar-refractivity contribution < 1.29 is 14.6 Å². The molecule has 0 spiro atoms. The summed E-state index contributed by atoms with van der Waals surface area (Å²) in [4.78, 5) is 15.3. The maximum Gasteiger partial charge on any atom is 0.273 e. The van der Waals surface area contributed by atoms with Gasteiger partial charge in [-0.25, -0.2) is 0 Å². The highest BCUT2D eigenvalue weighted by atomic mass is 16.5. The normalized spacial score (nSPS) is 15.1. The lowest BCUT2D eigenvalue weighted by Gasteiger charge is -2.27. The molecule has 2 heterocycles. The fraction of sp³-hybridized carbons (Fsp3) is 0.333. The van der Waals surface area contributed by atoms with E-state index in [4.69, 9.17) is 4.74 Å². The van der Waals surface area contributed by atoms with Gasteiger partial charge in [-0.15, -0.1) is 0 Å². The van der Waals surface area contributed by atoms with E-state index in [1.54, 1.807) is 12.1 Å². The van der Waals surface area contributed by atoms with E-state index in [-0.39, 0.29) is 17.7 Å². The van der Waals surface area contributed by atoms with Crippen molar-refractivity contribution in [3.05, 3.63) is 77.0 Å². The number of aromatic hydroxyl groups is 1. The van der Waals surface area contributed by atoms with Gasteiger partial charge in [0.1, 0.15) is 29.5 Å². The molecule has 1 unspecified atom stereocenters. The van der Waals surface area contributed by atoms with Gasteiger partial charge in [0.2, 0.25) is 0 Å². The fourth-order valence-electron chi connectivity index (χ4n) is 4.65. The first kappa shape index (κ1) is 22.6. The number of ether oxygens (including phenoxy) is 1. The Morgan fingerprint density at radius 3 is 2.64 bits per heavy atom. The lowest BCUT2D eigenvalue weighted by Crippen LogP contribution is -2.30. The number of H-pyrrole nitrogens is 1. The maximum atomic E-state index is 13.4. The van der Waals surface area contributed by atoms with Gasteiger partial charge in [-0.2, -0.15) is 5.10 Å². The number of phenols is 1. The van der Waals surface area contributed by atoms with Crippen molar-refractivity contribution in [1.29, 1.82) is 0 Å². The smallest absolute Gasteiger partial charge is 0.273 e. The minimum absolute atomic E-state index is 0.0545. The number of fused-ring (bicyclic) bond motifs is 1. The molecule has 2 N–H and O–H groups in total. The summed E-state index contributed by atoms with van der Waals surface area (Å²) in [6.45, 7) is 10.8. The summed E-state index contributed by atoms with van der Waals surface area (Å²) in [5, 5.41) is 18.3. The number of phenolic OH excluding ortho intramolecular Hbond substituents is 1. The van der Waals surface area contributed by atoms with Crippen molar-refractivity contribution in [1.82, 2.24) is 15.1 Å². The molecule has 1 atom stereocenters. The van der Waals surface area contributed by atoms with Crippen LogP contribution in [-0.2, 0) is 0 Å². The molecule has 1 aromatic heterocycles. The number of unbranched alkanes of at least 4 members (excludes halogenated alkanes) is 2. The number of carbonyl (C=O) groups excluding carboxylic acids is 1. The van der Waals surface area contributed by atoms with Crippen LogP contribution in [0.5, 0.6) is 11.5 Å². The number of hydrogen-bond acceptors (Lipinski definition) is 4. The van der Waals surface area contributed by atoms with Gasteiger partial charge in [-0.3, -0.25) is 9.89 Å². The number of benzene rings is 2. The maximum absolute atomic E-state index is 13.4. The number of hydrogen-bond donors (Lipinski definition) is 2. The minimum atomic E-state index is -0.285. The first-order chi connectivity index (χ1) is 16.0. The van der Waals surface area contributed by atoms with E-state index in [0.717, 1.165) is 47.3 Å². The standard InChI is InChI=1S/C27H31N3O3/c1-5-7-8-13-30-26(19-9-11-20(12-10-19)33-14-6-2)23-24(28-29-25(23)27(30)32)22-18(4)15-17(3)16-21(22)31/h6,9-12,15-16,26,31H,2,5,7-8,13-14H2,1,3-4H3,(H,28,29). The van der Waals surface area contributed by atoms with Gasteiger partial charge >= 0.3 is 0 Å². The first-order valence-corrected chi connectivity index (χ1v) is 11.5. The van der Waals surface area contributed by atoms with Crippen LogP contribution in [0.4, 0.5) is 0 Å². The Kier molecular flexibility index (Phi) is 6.54. The summed E-state index contributed by atoms with van der Waals surface area (Å²) < 4.78 is 5.64. The monoisotopic (exact) mass is 445 g/mol. The molecule has 0 fully saturated rings. The molecule has 172 valence electrons. The third-order valence-corrected chi connectivity index (χ3v) is 6.13. The van der Waals surface area contributed by atoms with Crippen molar-refractivity contribution >= 4 is 5.91 Å². The second kappa shape index (κ2) is 9.53. The fourth-order valence-corrected chi connectivity index (χ4v) is 4.65. The number of carbonyl (C=O) groups is 1. The third kappa shape index (κ3) is 4.25.